The first kappa shape index (κ1) is 13.8. The van der Waals surface area contributed by atoms with E-state index in [4.69, 9.17) is 21.6 Å². The van der Waals surface area contributed by atoms with Crippen LogP contribution in [0.5, 0.6) is 5.75 Å². The quantitative estimate of drug-likeness (QED) is 0.845. The average molecular weight is 253 g/mol. The molecule has 92 valence electrons. The fourth-order valence-electron chi connectivity index (χ4n) is 1.69. The van der Waals surface area contributed by atoms with E-state index in [0.29, 0.717) is 23.8 Å². The highest BCUT2D eigenvalue weighted by molar-refractivity contribution is 6.32. The van der Waals surface area contributed by atoms with Crippen molar-refractivity contribution >= 4 is 11.6 Å². The van der Waals surface area contributed by atoms with E-state index in [-0.39, 0.29) is 6.04 Å². The Morgan fingerprint density at radius 2 is 2.29 bits per heavy atom. The van der Waals surface area contributed by atoms with Crippen molar-refractivity contribution in [2.24, 2.45) is 0 Å². The molecule has 3 nitrogen and oxygen atoms in total. The first-order valence-corrected chi connectivity index (χ1v) is 6.07. The zero-order valence-corrected chi connectivity index (χ0v) is 10.9. The van der Waals surface area contributed by atoms with Gasteiger partial charge in [-0.25, -0.2) is 0 Å². The molecule has 0 bridgehead atoms. The third-order valence-electron chi connectivity index (χ3n) is 2.55. The van der Waals surface area contributed by atoms with Crippen molar-refractivity contribution in [3.63, 3.8) is 0 Å². The van der Waals surface area contributed by atoms with Crippen LogP contribution in [0.1, 0.15) is 31.4 Å². The maximum absolute atomic E-state index is 8.60. The first-order valence-electron chi connectivity index (χ1n) is 5.69. The highest BCUT2D eigenvalue weighted by atomic mass is 35.5. The molecule has 0 saturated carbocycles. The second-order valence-electron chi connectivity index (χ2n) is 3.66. The zero-order valence-electron chi connectivity index (χ0n) is 10.2. The zero-order chi connectivity index (χ0) is 12.7. The molecule has 1 aromatic carbocycles. The van der Waals surface area contributed by atoms with Crippen LogP contribution < -0.4 is 10.1 Å². The summed E-state index contributed by atoms with van der Waals surface area (Å²) in [7, 11) is 1.88. The molecule has 0 amide bonds. The molecule has 0 aliphatic rings. The van der Waals surface area contributed by atoms with Gasteiger partial charge in [0, 0.05) is 12.5 Å². The van der Waals surface area contributed by atoms with Gasteiger partial charge in [0.2, 0.25) is 0 Å². The molecule has 0 fully saturated rings. The number of nitrogens with zero attached hydrogens (tertiary/aromatic N) is 1. The van der Waals surface area contributed by atoms with Crippen LogP contribution in [-0.4, -0.2) is 13.7 Å². The molecule has 4 heteroatoms. The van der Waals surface area contributed by atoms with Crippen LogP contribution in [0.2, 0.25) is 5.02 Å². The maximum atomic E-state index is 8.60. The summed E-state index contributed by atoms with van der Waals surface area (Å²) < 4.78 is 5.38. The smallest absolute Gasteiger partial charge is 0.137 e. The number of benzene rings is 1. The molecule has 0 heterocycles. The monoisotopic (exact) mass is 252 g/mol. The Hall–Kier alpha value is -1.24. The normalized spacial score (nSPS) is 11.9. The SMILES string of the molecule is CCOc1ccc(C(CCC#N)NC)cc1Cl. The summed E-state index contributed by atoms with van der Waals surface area (Å²) in [5.74, 6) is 0.702. The summed E-state index contributed by atoms with van der Waals surface area (Å²) in [5, 5.41) is 12.4. The molecule has 1 aromatic rings. The van der Waals surface area contributed by atoms with Crippen molar-refractivity contribution in [2.75, 3.05) is 13.7 Å². The third-order valence-corrected chi connectivity index (χ3v) is 2.85. The Morgan fingerprint density at radius 3 is 2.82 bits per heavy atom. The van der Waals surface area contributed by atoms with Gasteiger partial charge in [0.25, 0.3) is 0 Å². The summed E-state index contributed by atoms with van der Waals surface area (Å²) >= 11 is 6.13. The number of nitrogens with one attached hydrogen (secondary N) is 1. The van der Waals surface area contributed by atoms with Crippen LogP contribution in [-0.2, 0) is 0 Å². The molecular formula is C13H17ClN2O. The Morgan fingerprint density at radius 1 is 1.53 bits per heavy atom. The molecule has 0 saturated heterocycles. The Balaban J connectivity index is 2.83. The van der Waals surface area contributed by atoms with E-state index < -0.39 is 0 Å². The van der Waals surface area contributed by atoms with Crippen molar-refractivity contribution in [1.82, 2.24) is 5.32 Å². The van der Waals surface area contributed by atoms with Crippen molar-refractivity contribution in [3.8, 4) is 11.8 Å². The minimum Gasteiger partial charge on any atom is -0.492 e. The average Bonchev–Trinajstić information content (AvgIpc) is 2.33. The number of hydrogen-bond acceptors (Lipinski definition) is 3. The van der Waals surface area contributed by atoms with Gasteiger partial charge in [-0.2, -0.15) is 5.26 Å². The summed E-state index contributed by atoms with van der Waals surface area (Å²) in [6.45, 7) is 2.52. The summed E-state index contributed by atoms with van der Waals surface area (Å²) in [6, 6.07) is 8.05. The van der Waals surface area contributed by atoms with Crippen LogP contribution in [0.3, 0.4) is 0 Å². The Bertz CT molecular complexity index is 401. The lowest BCUT2D eigenvalue weighted by molar-refractivity contribution is 0.340. The highest BCUT2D eigenvalue weighted by Gasteiger charge is 2.11. The predicted octanol–water partition coefficient (Wildman–Crippen LogP) is 3.30. The van der Waals surface area contributed by atoms with Crippen LogP contribution in [0, 0.1) is 11.3 Å². The molecule has 0 aliphatic heterocycles. The van der Waals surface area contributed by atoms with E-state index in [2.05, 4.69) is 11.4 Å². The van der Waals surface area contributed by atoms with Crippen molar-refractivity contribution < 1.29 is 4.74 Å². The van der Waals surface area contributed by atoms with Gasteiger partial charge in [-0.15, -0.1) is 0 Å². The molecule has 17 heavy (non-hydrogen) atoms. The van der Waals surface area contributed by atoms with Gasteiger partial charge in [-0.05, 0) is 38.1 Å². The maximum Gasteiger partial charge on any atom is 0.137 e. The van der Waals surface area contributed by atoms with Crippen molar-refractivity contribution in [3.05, 3.63) is 28.8 Å². The van der Waals surface area contributed by atoms with E-state index in [9.17, 15) is 0 Å². The molecule has 1 atom stereocenters. The molecule has 0 radical (unpaired) electrons. The second kappa shape index (κ2) is 7.16. The van der Waals surface area contributed by atoms with Crippen LogP contribution in [0.15, 0.2) is 18.2 Å². The van der Waals surface area contributed by atoms with Crippen LogP contribution >= 0.6 is 11.6 Å². The van der Waals surface area contributed by atoms with E-state index in [1.54, 1.807) is 0 Å². The highest BCUT2D eigenvalue weighted by Crippen LogP contribution is 2.29. The topological polar surface area (TPSA) is 45.0 Å². The number of rotatable bonds is 6. The van der Waals surface area contributed by atoms with Crippen molar-refractivity contribution in [1.29, 1.82) is 5.26 Å². The number of nitriles is 1. The van der Waals surface area contributed by atoms with Gasteiger partial charge in [0.1, 0.15) is 5.75 Å². The second-order valence-corrected chi connectivity index (χ2v) is 4.07. The molecule has 0 aliphatic carbocycles. The van der Waals surface area contributed by atoms with Crippen LogP contribution in [0.4, 0.5) is 0 Å². The Labute approximate surface area is 107 Å². The molecule has 1 rings (SSSR count). The lowest BCUT2D eigenvalue weighted by atomic mass is 10.0. The first-order chi connectivity index (χ1) is 8.22. The summed E-state index contributed by atoms with van der Waals surface area (Å²) in [6.07, 6.45) is 1.30. The van der Waals surface area contributed by atoms with E-state index in [1.807, 2.05) is 32.2 Å². The van der Waals surface area contributed by atoms with Gasteiger partial charge < -0.3 is 10.1 Å². The van der Waals surface area contributed by atoms with Gasteiger partial charge in [-0.1, -0.05) is 17.7 Å². The standard InChI is InChI=1S/C13H17ClN2O/c1-3-17-13-7-6-10(9-11(13)14)12(16-2)5-4-8-15/h6-7,9,12,16H,3-5H2,1-2H3. The Kier molecular flexibility index (Phi) is 5.82. The van der Waals surface area contributed by atoms with Gasteiger partial charge in [0.05, 0.1) is 17.7 Å². The number of halogens is 1. The minimum absolute atomic E-state index is 0.155. The molecule has 0 aromatic heterocycles. The molecule has 0 spiro atoms. The van der Waals surface area contributed by atoms with E-state index >= 15 is 0 Å². The van der Waals surface area contributed by atoms with Gasteiger partial charge >= 0.3 is 0 Å². The van der Waals surface area contributed by atoms with Gasteiger partial charge in [0.15, 0.2) is 0 Å². The lowest BCUT2D eigenvalue weighted by Crippen LogP contribution is -2.16. The largest absolute Gasteiger partial charge is 0.492 e. The summed E-state index contributed by atoms with van der Waals surface area (Å²) in [5.41, 5.74) is 1.08. The fraction of sp³-hybridized carbons (Fsp3) is 0.462. The van der Waals surface area contributed by atoms with E-state index in [0.717, 1.165) is 12.0 Å². The number of hydrogen-bond donors (Lipinski definition) is 1. The van der Waals surface area contributed by atoms with Crippen molar-refractivity contribution in [2.45, 2.75) is 25.8 Å². The lowest BCUT2D eigenvalue weighted by Gasteiger charge is -2.16. The third kappa shape index (κ3) is 3.92. The van der Waals surface area contributed by atoms with E-state index in [1.165, 1.54) is 0 Å². The fourth-order valence-corrected chi connectivity index (χ4v) is 1.94. The molecular weight excluding hydrogens is 236 g/mol. The molecule has 1 N–H and O–H groups in total. The molecule has 1 unspecified atom stereocenters. The van der Waals surface area contributed by atoms with Crippen LogP contribution in [0.25, 0.3) is 0 Å². The summed E-state index contributed by atoms with van der Waals surface area (Å²) in [4.78, 5) is 0. The van der Waals surface area contributed by atoms with Gasteiger partial charge in [-0.3, -0.25) is 0 Å². The number of ether oxygens (including phenoxy) is 1. The minimum atomic E-state index is 0.155. The predicted molar refractivity (Wildman–Crippen MR) is 69.3 cm³/mol.